The molecule has 2 heterocycles. The number of ether oxygens (including phenoxy) is 2. The summed E-state index contributed by atoms with van der Waals surface area (Å²) in [5.74, 6) is 1.03. The smallest absolute Gasteiger partial charge is 0.231 e. The van der Waals surface area contributed by atoms with E-state index in [2.05, 4.69) is 4.90 Å². The number of nitrogens with zero attached hydrogens (tertiary/aromatic N) is 1. The first-order chi connectivity index (χ1) is 13.1. The molecule has 27 heavy (non-hydrogen) atoms. The van der Waals surface area contributed by atoms with Gasteiger partial charge in [-0.25, -0.2) is 0 Å². The Kier molecular flexibility index (Phi) is 5.05. The second-order valence-corrected chi connectivity index (χ2v) is 7.11. The van der Waals surface area contributed by atoms with E-state index in [4.69, 9.17) is 21.1 Å². The Morgan fingerprint density at radius 1 is 1.19 bits per heavy atom. The maximum Gasteiger partial charge on any atom is 0.231 e. The van der Waals surface area contributed by atoms with Crippen molar-refractivity contribution in [3.05, 3.63) is 58.3 Å². The predicted molar refractivity (Wildman–Crippen MR) is 104 cm³/mol. The third-order valence-electron chi connectivity index (χ3n) is 4.77. The molecule has 4 rings (SSSR count). The maximum atomic E-state index is 12.4. The Balaban J connectivity index is 1.43. The van der Waals surface area contributed by atoms with Gasteiger partial charge < -0.3 is 14.6 Å². The Morgan fingerprint density at radius 2 is 2.00 bits per heavy atom. The molecular weight excluding hydrogens is 366 g/mol. The molecule has 2 aliphatic rings. The van der Waals surface area contributed by atoms with Crippen LogP contribution in [-0.4, -0.2) is 42.0 Å². The Labute approximate surface area is 162 Å². The molecule has 0 amide bonds. The predicted octanol–water partition coefficient (Wildman–Crippen LogP) is 4.14. The summed E-state index contributed by atoms with van der Waals surface area (Å²) >= 11 is 6.33. The number of carbonyl (C=O) groups excluding carboxylic acids is 1. The van der Waals surface area contributed by atoms with Gasteiger partial charge in [-0.05, 0) is 61.8 Å². The Hall–Kier alpha value is -2.50. The highest BCUT2D eigenvalue weighted by molar-refractivity contribution is 6.32. The van der Waals surface area contributed by atoms with E-state index in [1.165, 1.54) is 25.0 Å². The molecule has 2 aliphatic heterocycles. The van der Waals surface area contributed by atoms with Crippen molar-refractivity contribution in [3.8, 4) is 17.2 Å². The van der Waals surface area contributed by atoms with Crippen LogP contribution in [-0.2, 0) is 0 Å². The van der Waals surface area contributed by atoms with E-state index in [0.29, 0.717) is 28.7 Å². The van der Waals surface area contributed by atoms with Crippen molar-refractivity contribution in [2.24, 2.45) is 0 Å². The zero-order valence-corrected chi connectivity index (χ0v) is 15.5. The fraction of sp³-hybridized carbons (Fsp3) is 0.286. The lowest BCUT2D eigenvalue weighted by atomic mass is 10.1. The fourth-order valence-corrected chi connectivity index (χ4v) is 3.59. The molecule has 0 unspecified atom stereocenters. The summed E-state index contributed by atoms with van der Waals surface area (Å²) in [7, 11) is 0. The van der Waals surface area contributed by atoms with Gasteiger partial charge in [0.25, 0.3) is 0 Å². The lowest BCUT2D eigenvalue weighted by Gasteiger charge is -2.15. The quantitative estimate of drug-likeness (QED) is 0.784. The van der Waals surface area contributed by atoms with Crippen LogP contribution in [0.2, 0.25) is 5.02 Å². The minimum atomic E-state index is -0.216. The van der Waals surface area contributed by atoms with Gasteiger partial charge in [0.1, 0.15) is 23.9 Å². The molecule has 2 aromatic carbocycles. The normalized spacial score (nSPS) is 18.0. The number of phenols is 1. The first-order valence-corrected chi connectivity index (χ1v) is 9.40. The van der Waals surface area contributed by atoms with Crippen molar-refractivity contribution in [3.63, 3.8) is 0 Å². The first-order valence-electron chi connectivity index (χ1n) is 9.02. The summed E-state index contributed by atoms with van der Waals surface area (Å²) in [6, 6.07) is 9.83. The van der Waals surface area contributed by atoms with Gasteiger partial charge in [0.05, 0.1) is 10.6 Å². The lowest BCUT2D eigenvalue weighted by molar-refractivity contribution is 0.101. The summed E-state index contributed by atoms with van der Waals surface area (Å²) in [5.41, 5.74) is 1.18. The van der Waals surface area contributed by atoms with Crippen molar-refractivity contribution in [1.29, 1.82) is 0 Å². The number of benzene rings is 2. The van der Waals surface area contributed by atoms with E-state index in [9.17, 15) is 9.90 Å². The number of fused-ring (bicyclic) bond motifs is 1. The van der Waals surface area contributed by atoms with Crippen LogP contribution in [0.25, 0.3) is 6.08 Å². The van der Waals surface area contributed by atoms with Gasteiger partial charge >= 0.3 is 0 Å². The van der Waals surface area contributed by atoms with Crippen LogP contribution < -0.4 is 9.47 Å². The summed E-state index contributed by atoms with van der Waals surface area (Å²) in [4.78, 5) is 14.8. The maximum absolute atomic E-state index is 12.4. The molecule has 0 aliphatic carbocycles. The van der Waals surface area contributed by atoms with E-state index in [-0.39, 0.29) is 17.3 Å². The minimum absolute atomic E-state index is 0.0567. The molecule has 5 nitrogen and oxygen atoms in total. The molecule has 140 valence electrons. The van der Waals surface area contributed by atoms with Crippen LogP contribution >= 0.6 is 11.6 Å². The number of hydrogen-bond donors (Lipinski definition) is 1. The van der Waals surface area contributed by atoms with Crippen LogP contribution in [0.15, 0.2) is 42.2 Å². The second kappa shape index (κ2) is 7.62. The van der Waals surface area contributed by atoms with Gasteiger partial charge in [0.15, 0.2) is 5.76 Å². The molecular formula is C21H20ClNO4. The fourth-order valence-electron chi connectivity index (χ4n) is 3.34. The average molecular weight is 386 g/mol. The minimum Gasteiger partial charge on any atom is -0.508 e. The molecule has 0 aromatic heterocycles. The highest BCUT2D eigenvalue weighted by Gasteiger charge is 2.27. The average Bonchev–Trinajstić information content (AvgIpc) is 3.25. The Morgan fingerprint density at radius 3 is 2.78 bits per heavy atom. The molecule has 1 saturated heterocycles. The van der Waals surface area contributed by atoms with Gasteiger partial charge in [0.2, 0.25) is 5.78 Å². The van der Waals surface area contributed by atoms with Crippen molar-refractivity contribution < 1.29 is 19.4 Å². The molecule has 1 fully saturated rings. The van der Waals surface area contributed by atoms with Crippen LogP contribution in [0, 0.1) is 0 Å². The van der Waals surface area contributed by atoms with Crippen molar-refractivity contribution in [2.45, 2.75) is 12.8 Å². The largest absolute Gasteiger partial charge is 0.508 e. The molecule has 6 heteroatoms. The summed E-state index contributed by atoms with van der Waals surface area (Å²) in [5, 5.41) is 10.0. The van der Waals surface area contributed by atoms with Crippen LogP contribution in [0.5, 0.6) is 17.2 Å². The number of hydrogen-bond acceptors (Lipinski definition) is 5. The highest BCUT2D eigenvalue weighted by Crippen LogP contribution is 2.35. The topological polar surface area (TPSA) is 59.0 Å². The summed E-state index contributed by atoms with van der Waals surface area (Å²) in [6.45, 7) is 3.77. The molecule has 2 aromatic rings. The molecule has 0 radical (unpaired) electrons. The number of Topliss-reactive ketones (excluding diaryl/α,β-unsaturated/α-hetero) is 1. The van der Waals surface area contributed by atoms with Crippen LogP contribution in [0.1, 0.15) is 28.8 Å². The van der Waals surface area contributed by atoms with Gasteiger partial charge in [-0.3, -0.25) is 9.69 Å². The zero-order chi connectivity index (χ0) is 18.8. The highest BCUT2D eigenvalue weighted by atomic mass is 35.5. The van der Waals surface area contributed by atoms with E-state index in [0.717, 1.165) is 25.2 Å². The number of likely N-dealkylation sites (tertiary alicyclic amines) is 1. The van der Waals surface area contributed by atoms with E-state index in [1.54, 1.807) is 24.3 Å². The van der Waals surface area contributed by atoms with E-state index < -0.39 is 0 Å². The third kappa shape index (κ3) is 3.94. The monoisotopic (exact) mass is 385 g/mol. The lowest BCUT2D eigenvalue weighted by Crippen LogP contribution is -2.25. The number of ketones is 1. The van der Waals surface area contributed by atoms with Crippen molar-refractivity contribution >= 4 is 23.5 Å². The zero-order valence-electron chi connectivity index (χ0n) is 14.8. The molecule has 0 bridgehead atoms. The number of allylic oxidation sites excluding steroid dienone is 1. The molecule has 0 saturated carbocycles. The summed E-state index contributed by atoms with van der Waals surface area (Å²) in [6.07, 6.45) is 4.15. The number of halogens is 1. The molecule has 1 N–H and O–H groups in total. The van der Waals surface area contributed by atoms with Gasteiger partial charge in [0, 0.05) is 12.6 Å². The molecule has 0 atom stereocenters. The standard InChI is InChI=1S/C21H20ClNO4/c22-17-11-14(3-6-18(17)26-10-9-23-7-1-2-8-23)12-20-21(25)16-5-4-15(24)13-19(16)27-20/h3-6,11-13,24H,1-2,7-10H2/b20-12-. The van der Waals surface area contributed by atoms with Crippen molar-refractivity contribution in [1.82, 2.24) is 4.90 Å². The molecule has 0 spiro atoms. The third-order valence-corrected chi connectivity index (χ3v) is 5.07. The number of aromatic hydroxyl groups is 1. The number of phenolic OH excluding ortho intramolecular Hbond substituents is 1. The van der Waals surface area contributed by atoms with Crippen LogP contribution in [0.3, 0.4) is 0 Å². The van der Waals surface area contributed by atoms with E-state index >= 15 is 0 Å². The van der Waals surface area contributed by atoms with Gasteiger partial charge in [-0.15, -0.1) is 0 Å². The van der Waals surface area contributed by atoms with Gasteiger partial charge in [-0.2, -0.15) is 0 Å². The van der Waals surface area contributed by atoms with Crippen molar-refractivity contribution in [2.75, 3.05) is 26.2 Å². The second-order valence-electron chi connectivity index (χ2n) is 6.71. The summed E-state index contributed by atoms with van der Waals surface area (Å²) < 4.78 is 11.4. The van der Waals surface area contributed by atoms with Crippen LogP contribution in [0.4, 0.5) is 0 Å². The van der Waals surface area contributed by atoms with Gasteiger partial charge in [-0.1, -0.05) is 17.7 Å². The number of carbonyl (C=O) groups is 1. The Bertz CT molecular complexity index is 903. The number of rotatable bonds is 5. The SMILES string of the molecule is O=C1/C(=C/c2ccc(OCCN3CCCC3)c(Cl)c2)Oc2cc(O)ccc21. The van der Waals surface area contributed by atoms with E-state index in [1.807, 2.05) is 6.07 Å². The first kappa shape index (κ1) is 17.9.